The van der Waals surface area contributed by atoms with E-state index in [0.717, 1.165) is 67.1 Å². The van der Waals surface area contributed by atoms with Crippen LogP contribution >= 0.6 is 0 Å². The van der Waals surface area contributed by atoms with E-state index in [2.05, 4.69) is 71.7 Å². The minimum absolute atomic E-state index is 0. The summed E-state index contributed by atoms with van der Waals surface area (Å²) in [6.07, 6.45) is 3.71. The van der Waals surface area contributed by atoms with Gasteiger partial charge in [-0.25, -0.2) is 4.98 Å². The SMILES string of the molecule is Cc1ccc2c(n1)oc1c(-c3nc4cc(C(C)(C)C)ncc4n3-c3ccccc3)[c-]ccc12.[Ir].[c-]1ccccc1-c1ccccn1. The first kappa shape index (κ1) is 31.0. The largest absolute Gasteiger partial charge is 0.486 e. The summed E-state index contributed by atoms with van der Waals surface area (Å²) in [5.74, 6) is 0.769. The number of aryl methyl sites for hydroxylation is 1. The Balaban J connectivity index is 0.000000241. The van der Waals surface area contributed by atoms with E-state index in [9.17, 15) is 0 Å². The van der Waals surface area contributed by atoms with E-state index >= 15 is 0 Å². The fourth-order valence-electron chi connectivity index (χ4n) is 5.35. The third kappa shape index (κ3) is 6.00. The number of hydrogen-bond donors (Lipinski definition) is 0. The predicted molar refractivity (Wildman–Crippen MR) is 180 cm³/mol. The Bertz CT molecular complexity index is 2220. The van der Waals surface area contributed by atoms with E-state index in [0.29, 0.717) is 5.71 Å². The second-order valence-electron chi connectivity index (χ2n) is 11.9. The van der Waals surface area contributed by atoms with E-state index in [1.54, 1.807) is 6.20 Å². The number of rotatable bonds is 3. The van der Waals surface area contributed by atoms with Crippen LogP contribution in [0, 0.1) is 19.1 Å². The summed E-state index contributed by atoms with van der Waals surface area (Å²) in [6, 6.07) is 40.5. The molecule has 46 heavy (non-hydrogen) atoms. The quantitative estimate of drug-likeness (QED) is 0.167. The molecule has 8 rings (SSSR count). The van der Waals surface area contributed by atoms with Crippen molar-refractivity contribution in [3.63, 3.8) is 0 Å². The van der Waals surface area contributed by atoms with Crippen LogP contribution in [0.4, 0.5) is 0 Å². The average molecular weight is 778 g/mol. The Morgan fingerprint density at radius 2 is 1.57 bits per heavy atom. The normalized spacial score (nSPS) is 11.3. The Morgan fingerprint density at radius 1 is 0.761 bits per heavy atom. The number of benzene rings is 3. The molecule has 7 heteroatoms. The number of aromatic nitrogens is 5. The average Bonchev–Trinajstić information content (AvgIpc) is 3.63. The molecule has 0 amide bonds. The molecule has 229 valence electrons. The smallest absolute Gasteiger partial charge is 0.216 e. The van der Waals surface area contributed by atoms with Crippen LogP contribution in [0.15, 0.2) is 120 Å². The number of furan rings is 1. The van der Waals surface area contributed by atoms with E-state index < -0.39 is 0 Å². The molecule has 0 aliphatic carbocycles. The summed E-state index contributed by atoms with van der Waals surface area (Å²) in [5, 5.41) is 2.00. The van der Waals surface area contributed by atoms with Crippen LogP contribution in [-0.4, -0.2) is 24.5 Å². The van der Waals surface area contributed by atoms with Gasteiger partial charge in [-0.2, -0.15) is 0 Å². The van der Waals surface area contributed by atoms with Gasteiger partial charge in [-0.1, -0.05) is 62.1 Å². The molecule has 0 fully saturated rings. The van der Waals surface area contributed by atoms with E-state index in [-0.39, 0.29) is 25.5 Å². The maximum absolute atomic E-state index is 6.27. The van der Waals surface area contributed by atoms with Crippen LogP contribution in [0.25, 0.3) is 61.4 Å². The molecule has 5 aromatic heterocycles. The third-order valence-corrected chi connectivity index (χ3v) is 7.63. The van der Waals surface area contributed by atoms with E-state index in [1.165, 1.54) is 0 Å². The van der Waals surface area contributed by atoms with Crippen molar-refractivity contribution in [2.75, 3.05) is 0 Å². The topological polar surface area (TPSA) is 69.6 Å². The van der Waals surface area contributed by atoms with Crippen molar-refractivity contribution in [1.82, 2.24) is 24.5 Å². The first-order valence-electron chi connectivity index (χ1n) is 14.9. The van der Waals surface area contributed by atoms with Crippen LogP contribution in [0.1, 0.15) is 32.2 Å². The van der Waals surface area contributed by atoms with E-state index in [4.69, 9.17) is 14.4 Å². The van der Waals surface area contributed by atoms with Gasteiger partial charge in [0.25, 0.3) is 0 Å². The molecule has 8 aromatic rings. The monoisotopic (exact) mass is 778 g/mol. The van der Waals surface area contributed by atoms with Gasteiger partial charge in [-0.05, 0) is 49.0 Å². The molecule has 0 N–H and O–H groups in total. The molecular weight excluding hydrogens is 747 g/mol. The molecule has 0 unspecified atom stereocenters. The van der Waals surface area contributed by atoms with Crippen molar-refractivity contribution in [2.24, 2.45) is 0 Å². The molecule has 3 aromatic carbocycles. The second kappa shape index (κ2) is 12.8. The fraction of sp³-hybridized carbons (Fsp3) is 0.128. The molecule has 1 radical (unpaired) electrons. The van der Waals surface area contributed by atoms with Gasteiger partial charge < -0.3 is 14.0 Å². The Hall–Kier alpha value is -4.97. The third-order valence-electron chi connectivity index (χ3n) is 7.63. The molecular formula is C39H31IrN5O-2. The van der Waals surface area contributed by atoms with E-state index in [1.807, 2.05) is 92.0 Å². The number of nitrogens with zero attached hydrogens (tertiary/aromatic N) is 5. The Kier molecular flexibility index (Phi) is 8.63. The fourth-order valence-corrected chi connectivity index (χ4v) is 5.35. The van der Waals surface area contributed by atoms with Gasteiger partial charge in [0.05, 0.1) is 28.6 Å². The summed E-state index contributed by atoms with van der Waals surface area (Å²) in [4.78, 5) is 18.7. The Labute approximate surface area is 281 Å². The second-order valence-corrected chi connectivity index (χ2v) is 11.9. The van der Waals surface area contributed by atoms with Gasteiger partial charge in [0, 0.05) is 54.2 Å². The molecule has 0 aliphatic rings. The summed E-state index contributed by atoms with van der Waals surface area (Å²) < 4.78 is 8.40. The molecule has 0 aliphatic heterocycles. The first-order chi connectivity index (χ1) is 21.9. The maximum Gasteiger partial charge on any atom is 0.216 e. The summed E-state index contributed by atoms with van der Waals surface area (Å²) >= 11 is 0. The molecule has 0 spiro atoms. The van der Waals surface area contributed by atoms with Crippen molar-refractivity contribution < 1.29 is 24.5 Å². The molecule has 0 bridgehead atoms. The number of fused-ring (bicyclic) bond motifs is 4. The molecule has 0 saturated carbocycles. The van der Waals surface area contributed by atoms with Crippen molar-refractivity contribution in [1.29, 1.82) is 0 Å². The Morgan fingerprint density at radius 3 is 2.30 bits per heavy atom. The zero-order valence-corrected chi connectivity index (χ0v) is 28.3. The number of imidazole rings is 1. The number of pyridine rings is 3. The van der Waals surface area contributed by atoms with Gasteiger partial charge in [0.2, 0.25) is 5.71 Å². The van der Waals surface area contributed by atoms with Crippen LogP contribution in [0.3, 0.4) is 0 Å². The number of hydrogen-bond acceptors (Lipinski definition) is 5. The van der Waals surface area contributed by atoms with Gasteiger partial charge >= 0.3 is 0 Å². The maximum atomic E-state index is 6.27. The summed E-state index contributed by atoms with van der Waals surface area (Å²) in [5.41, 5.74) is 8.89. The van der Waals surface area contributed by atoms with Gasteiger partial charge in [0.15, 0.2) is 0 Å². The van der Waals surface area contributed by atoms with Crippen molar-refractivity contribution >= 4 is 33.1 Å². The molecule has 6 nitrogen and oxygen atoms in total. The first-order valence-corrected chi connectivity index (χ1v) is 14.9. The zero-order valence-electron chi connectivity index (χ0n) is 25.9. The predicted octanol–water partition coefficient (Wildman–Crippen LogP) is 9.33. The van der Waals surface area contributed by atoms with Crippen LogP contribution in [0.5, 0.6) is 0 Å². The van der Waals surface area contributed by atoms with Gasteiger partial charge in [-0.15, -0.1) is 54.1 Å². The van der Waals surface area contributed by atoms with Crippen LogP contribution < -0.4 is 0 Å². The van der Waals surface area contributed by atoms with Gasteiger partial charge in [-0.3, -0.25) is 9.97 Å². The number of para-hydroxylation sites is 1. The standard InChI is InChI=1S/C28H23N4O.C11H8N.Ir/c1-17-13-14-20-19-11-8-12-21(25(19)33-27(20)30-17)26-31-22-15-24(28(2,3)4)29-16-23(22)32(26)18-9-6-5-7-10-18;1-2-6-10(7-3-1)11-8-4-5-9-12-11;/h5-11,13-16H,1-4H3;1-6,8-9H;/q2*-1;. The minimum Gasteiger partial charge on any atom is -0.486 e. The molecule has 0 atom stereocenters. The minimum atomic E-state index is -0.0702. The summed E-state index contributed by atoms with van der Waals surface area (Å²) in [7, 11) is 0. The summed E-state index contributed by atoms with van der Waals surface area (Å²) in [6.45, 7) is 8.45. The van der Waals surface area contributed by atoms with Crippen molar-refractivity contribution in [3.8, 4) is 28.3 Å². The van der Waals surface area contributed by atoms with Crippen molar-refractivity contribution in [2.45, 2.75) is 33.1 Å². The molecule has 0 saturated heterocycles. The van der Waals surface area contributed by atoms with Crippen molar-refractivity contribution in [3.05, 3.63) is 139 Å². The van der Waals surface area contributed by atoms with Crippen LogP contribution in [0.2, 0.25) is 0 Å². The zero-order chi connectivity index (χ0) is 31.0. The van der Waals surface area contributed by atoms with Gasteiger partial charge in [0.1, 0.15) is 0 Å². The molecule has 5 heterocycles. The van der Waals surface area contributed by atoms with Crippen LogP contribution in [-0.2, 0) is 25.5 Å².